The van der Waals surface area contributed by atoms with Crippen molar-refractivity contribution in [3.8, 4) is 0 Å². The van der Waals surface area contributed by atoms with Crippen molar-refractivity contribution in [1.82, 2.24) is 25.1 Å². The molecule has 4 rings (SSSR count). The molecule has 110 valence electrons. The number of piperazine rings is 1. The maximum Gasteiger partial charge on any atom is 0.293 e. The van der Waals surface area contributed by atoms with Crippen molar-refractivity contribution >= 4 is 22.4 Å². The van der Waals surface area contributed by atoms with Gasteiger partial charge in [0.15, 0.2) is 5.13 Å². The van der Waals surface area contributed by atoms with Crippen molar-refractivity contribution in [2.75, 3.05) is 31.1 Å². The van der Waals surface area contributed by atoms with Gasteiger partial charge in [-0.15, -0.1) is 16.4 Å². The van der Waals surface area contributed by atoms with Crippen molar-refractivity contribution in [3.05, 3.63) is 23.2 Å². The van der Waals surface area contributed by atoms with Crippen LogP contribution in [0.5, 0.6) is 0 Å². The number of nitrogens with one attached hydrogen (secondary N) is 1. The van der Waals surface area contributed by atoms with Gasteiger partial charge in [0.05, 0.1) is 0 Å². The van der Waals surface area contributed by atoms with Crippen LogP contribution in [-0.4, -0.2) is 57.2 Å². The lowest BCUT2D eigenvalue weighted by Gasteiger charge is -2.33. The molecule has 1 saturated carbocycles. The van der Waals surface area contributed by atoms with Gasteiger partial charge < -0.3 is 9.80 Å². The zero-order valence-corrected chi connectivity index (χ0v) is 12.3. The lowest BCUT2D eigenvalue weighted by Crippen LogP contribution is -2.49. The lowest BCUT2D eigenvalue weighted by molar-refractivity contribution is 0.0735. The van der Waals surface area contributed by atoms with E-state index in [1.54, 1.807) is 11.3 Å². The highest BCUT2D eigenvalue weighted by atomic mass is 32.1. The van der Waals surface area contributed by atoms with Gasteiger partial charge in [-0.25, -0.2) is 9.97 Å². The van der Waals surface area contributed by atoms with Crippen molar-refractivity contribution in [2.24, 2.45) is 0 Å². The maximum absolute atomic E-state index is 12.4. The van der Waals surface area contributed by atoms with Crippen molar-refractivity contribution in [3.63, 3.8) is 0 Å². The number of nitrogens with zero attached hydrogens (tertiary/aromatic N) is 5. The van der Waals surface area contributed by atoms with Crippen LogP contribution in [0.25, 0.3) is 0 Å². The number of hydrogen-bond acceptors (Lipinski definition) is 6. The first kappa shape index (κ1) is 12.8. The number of H-pyrrole nitrogens is 1. The Kier molecular flexibility index (Phi) is 3.10. The van der Waals surface area contributed by atoms with E-state index >= 15 is 0 Å². The van der Waals surface area contributed by atoms with E-state index in [0.29, 0.717) is 24.8 Å². The molecule has 0 atom stereocenters. The summed E-state index contributed by atoms with van der Waals surface area (Å²) in [6.45, 7) is 2.98. The molecule has 1 N–H and O–H groups in total. The molecule has 1 amide bonds. The first-order valence-electron chi connectivity index (χ1n) is 7.17. The summed E-state index contributed by atoms with van der Waals surface area (Å²) in [5.41, 5.74) is 0. The summed E-state index contributed by atoms with van der Waals surface area (Å²) in [5, 5.41) is 9.96. The van der Waals surface area contributed by atoms with Crippen LogP contribution in [0.15, 0.2) is 11.6 Å². The van der Waals surface area contributed by atoms with Gasteiger partial charge in [-0.3, -0.25) is 9.89 Å². The van der Waals surface area contributed by atoms with E-state index < -0.39 is 0 Å². The molecule has 7 nitrogen and oxygen atoms in total. The van der Waals surface area contributed by atoms with Crippen LogP contribution in [-0.2, 0) is 0 Å². The summed E-state index contributed by atoms with van der Waals surface area (Å²) >= 11 is 1.63. The van der Waals surface area contributed by atoms with Crippen LogP contribution in [0.3, 0.4) is 0 Å². The highest BCUT2D eigenvalue weighted by Crippen LogP contribution is 2.37. The Balaban J connectivity index is 1.39. The summed E-state index contributed by atoms with van der Waals surface area (Å²) in [6, 6.07) is 0. The topological polar surface area (TPSA) is 78.0 Å². The fourth-order valence-corrected chi connectivity index (χ4v) is 3.22. The highest BCUT2D eigenvalue weighted by Gasteiger charge is 2.30. The summed E-state index contributed by atoms with van der Waals surface area (Å²) in [6.07, 6.45) is 4.11. The molecule has 2 aliphatic rings. The molecule has 0 spiro atoms. The monoisotopic (exact) mass is 304 g/mol. The molecule has 1 aliphatic heterocycles. The van der Waals surface area contributed by atoms with E-state index in [1.165, 1.54) is 0 Å². The minimum absolute atomic E-state index is 0.0723. The average Bonchev–Trinajstić information content (AvgIpc) is 3.05. The predicted octanol–water partition coefficient (Wildman–Crippen LogP) is 1.10. The van der Waals surface area contributed by atoms with E-state index in [1.807, 2.05) is 16.5 Å². The van der Waals surface area contributed by atoms with E-state index in [9.17, 15) is 4.79 Å². The lowest BCUT2D eigenvalue weighted by atomic mass is 10.3. The molecular weight excluding hydrogens is 288 g/mol. The van der Waals surface area contributed by atoms with Crippen LogP contribution in [0, 0.1) is 0 Å². The van der Waals surface area contributed by atoms with Gasteiger partial charge in [0.2, 0.25) is 5.82 Å². The fourth-order valence-electron chi connectivity index (χ4n) is 2.52. The number of anilines is 1. The number of amides is 1. The van der Waals surface area contributed by atoms with Gasteiger partial charge in [0, 0.05) is 43.7 Å². The zero-order chi connectivity index (χ0) is 14.2. The first-order valence-corrected chi connectivity index (χ1v) is 8.05. The largest absolute Gasteiger partial charge is 0.345 e. The average molecular weight is 304 g/mol. The number of carbonyl (C=O) groups excluding carboxylic acids is 1. The Morgan fingerprint density at radius 3 is 2.76 bits per heavy atom. The maximum atomic E-state index is 12.4. The summed E-state index contributed by atoms with van der Waals surface area (Å²) in [4.78, 5) is 25.1. The summed E-state index contributed by atoms with van der Waals surface area (Å²) < 4.78 is 0. The van der Waals surface area contributed by atoms with Gasteiger partial charge in [-0.1, -0.05) is 0 Å². The minimum atomic E-state index is -0.0723. The van der Waals surface area contributed by atoms with Crippen LogP contribution < -0.4 is 4.90 Å². The molecule has 1 saturated heterocycles. The Bertz CT molecular complexity index is 627. The SMILES string of the molecule is O=C(c1n[nH]c(C2CC2)n1)N1CCN(c2nccs2)CC1. The molecule has 0 unspecified atom stereocenters. The number of carbonyl (C=O) groups is 1. The molecular formula is C13H16N6OS. The Labute approximate surface area is 126 Å². The minimum Gasteiger partial charge on any atom is -0.345 e. The van der Waals surface area contributed by atoms with E-state index in [2.05, 4.69) is 25.1 Å². The van der Waals surface area contributed by atoms with Crippen LogP contribution >= 0.6 is 11.3 Å². The molecule has 21 heavy (non-hydrogen) atoms. The standard InChI is InChI=1S/C13H16N6OS/c20-12(11-15-10(16-17-11)9-1-2-9)18-4-6-19(7-5-18)13-14-3-8-21-13/h3,8-9H,1-2,4-7H2,(H,15,16,17). The summed E-state index contributed by atoms with van der Waals surface area (Å²) in [7, 11) is 0. The van der Waals surface area contributed by atoms with Crippen LogP contribution in [0.1, 0.15) is 35.2 Å². The molecule has 2 aromatic heterocycles. The van der Waals surface area contributed by atoms with E-state index in [-0.39, 0.29) is 5.91 Å². The van der Waals surface area contributed by atoms with Crippen molar-refractivity contribution in [2.45, 2.75) is 18.8 Å². The number of rotatable bonds is 3. The van der Waals surface area contributed by atoms with E-state index in [4.69, 9.17) is 0 Å². The molecule has 0 aromatic carbocycles. The highest BCUT2D eigenvalue weighted by molar-refractivity contribution is 7.13. The third-order valence-corrected chi connectivity index (χ3v) is 4.75. The van der Waals surface area contributed by atoms with Gasteiger partial charge in [0.25, 0.3) is 5.91 Å². The zero-order valence-electron chi connectivity index (χ0n) is 11.5. The van der Waals surface area contributed by atoms with Gasteiger partial charge >= 0.3 is 0 Å². The second kappa shape index (κ2) is 5.10. The number of aromatic amines is 1. The van der Waals surface area contributed by atoms with Gasteiger partial charge in [0.1, 0.15) is 5.82 Å². The molecule has 0 radical (unpaired) electrons. The number of hydrogen-bond donors (Lipinski definition) is 1. The second-order valence-electron chi connectivity index (χ2n) is 5.41. The fraction of sp³-hybridized carbons (Fsp3) is 0.538. The smallest absolute Gasteiger partial charge is 0.293 e. The predicted molar refractivity (Wildman–Crippen MR) is 78.6 cm³/mol. The third kappa shape index (κ3) is 2.51. The molecule has 1 aliphatic carbocycles. The molecule has 0 bridgehead atoms. The Morgan fingerprint density at radius 1 is 1.29 bits per heavy atom. The molecule has 2 fully saturated rings. The Morgan fingerprint density at radius 2 is 2.10 bits per heavy atom. The number of thiazole rings is 1. The van der Waals surface area contributed by atoms with E-state index in [0.717, 1.165) is 36.9 Å². The van der Waals surface area contributed by atoms with Crippen molar-refractivity contribution < 1.29 is 4.79 Å². The summed E-state index contributed by atoms with van der Waals surface area (Å²) in [5.74, 6) is 1.58. The molecule has 3 heterocycles. The molecule has 8 heteroatoms. The van der Waals surface area contributed by atoms with Crippen molar-refractivity contribution in [1.29, 1.82) is 0 Å². The third-order valence-electron chi connectivity index (χ3n) is 3.91. The second-order valence-corrected chi connectivity index (χ2v) is 6.29. The quantitative estimate of drug-likeness (QED) is 0.919. The van der Waals surface area contributed by atoms with Gasteiger partial charge in [-0.05, 0) is 12.8 Å². The number of aromatic nitrogens is 4. The van der Waals surface area contributed by atoms with Crippen LogP contribution in [0.2, 0.25) is 0 Å². The Hall–Kier alpha value is -1.96. The first-order chi connectivity index (χ1) is 10.3. The molecule has 2 aromatic rings. The normalized spacial score (nSPS) is 19.0. The van der Waals surface area contributed by atoms with Gasteiger partial charge in [-0.2, -0.15) is 0 Å². The van der Waals surface area contributed by atoms with Crippen LogP contribution in [0.4, 0.5) is 5.13 Å².